The molecule has 0 radical (unpaired) electrons. The van der Waals surface area contributed by atoms with Gasteiger partial charge in [-0.15, -0.1) is 11.3 Å². The number of nitrogens with one attached hydrogen (secondary N) is 1. The van der Waals surface area contributed by atoms with Gasteiger partial charge in [-0.05, 0) is 36.8 Å². The van der Waals surface area contributed by atoms with Crippen LogP contribution in [-0.2, 0) is 16.0 Å². The monoisotopic (exact) mass is 271 g/mol. The fourth-order valence-electron chi connectivity index (χ4n) is 1.64. The van der Waals surface area contributed by atoms with Crippen LogP contribution in [0.15, 0.2) is 11.4 Å². The molecule has 2 N–H and O–H groups in total. The molecule has 18 heavy (non-hydrogen) atoms. The number of hydrogen-bond acceptors (Lipinski definition) is 4. The molecular weight excluding hydrogens is 250 g/mol. The van der Waals surface area contributed by atoms with Gasteiger partial charge in [-0.1, -0.05) is 0 Å². The third-order valence-corrected chi connectivity index (χ3v) is 3.75. The minimum atomic E-state index is -0.626. The van der Waals surface area contributed by atoms with Gasteiger partial charge in [-0.3, -0.25) is 4.79 Å². The third-order valence-electron chi connectivity index (χ3n) is 2.67. The summed E-state index contributed by atoms with van der Waals surface area (Å²) >= 11 is 1.74. The number of ether oxygens (including phenoxy) is 1. The molecule has 1 atom stereocenters. The average molecular weight is 271 g/mol. The first-order valence-electron chi connectivity index (χ1n) is 6.10. The Morgan fingerprint density at radius 3 is 3.00 bits per heavy atom. The van der Waals surface area contributed by atoms with Gasteiger partial charge in [-0.25, -0.2) is 0 Å². The highest BCUT2D eigenvalue weighted by Crippen LogP contribution is 2.17. The lowest BCUT2D eigenvalue weighted by atomic mass is 10.1. The first-order chi connectivity index (χ1) is 8.63. The van der Waals surface area contributed by atoms with Crippen molar-refractivity contribution < 1.29 is 14.6 Å². The first kappa shape index (κ1) is 15.1. The number of thiophene rings is 1. The lowest BCUT2D eigenvalue weighted by Crippen LogP contribution is -2.34. The van der Waals surface area contributed by atoms with Crippen LogP contribution in [0.1, 0.15) is 23.3 Å². The van der Waals surface area contributed by atoms with Crippen LogP contribution in [0.25, 0.3) is 0 Å². The summed E-state index contributed by atoms with van der Waals surface area (Å²) in [5, 5.41) is 14.1. The zero-order valence-corrected chi connectivity index (χ0v) is 11.8. The molecule has 0 aliphatic carbocycles. The summed E-state index contributed by atoms with van der Waals surface area (Å²) in [6, 6.07) is 2.10. The second-order valence-corrected chi connectivity index (χ2v) is 5.29. The van der Waals surface area contributed by atoms with Crippen LogP contribution in [-0.4, -0.2) is 37.4 Å². The van der Waals surface area contributed by atoms with E-state index in [0.29, 0.717) is 6.42 Å². The number of aryl methyl sites for hydroxylation is 2. The molecule has 1 aromatic heterocycles. The standard InChI is InChI=1S/C13H21NO3S/c1-10-6-7-18-12(10)4-3-5-13(16)14-8-11(15)9-17-2/h6-7,11,15H,3-5,8-9H2,1-2H3,(H,14,16). The number of hydrogen-bond donors (Lipinski definition) is 2. The number of aliphatic hydroxyl groups is 1. The van der Waals surface area contributed by atoms with Crippen LogP contribution < -0.4 is 5.32 Å². The van der Waals surface area contributed by atoms with E-state index in [1.54, 1.807) is 11.3 Å². The SMILES string of the molecule is COCC(O)CNC(=O)CCCc1sccc1C. The average Bonchev–Trinajstić information content (AvgIpc) is 2.73. The maximum absolute atomic E-state index is 11.5. The van der Waals surface area contributed by atoms with Gasteiger partial charge in [0.25, 0.3) is 0 Å². The van der Waals surface area contributed by atoms with Crippen LogP contribution in [0, 0.1) is 6.92 Å². The molecule has 4 nitrogen and oxygen atoms in total. The van der Waals surface area contributed by atoms with Gasteiger partial charge in [0.2, 0.25) is 5.91 Å². The van der Waals surface area contributed by atoms with Gasteiger partial charge in [-0.2, -0.15) is 0 Å². The molecule has 1 amide bonds. The highest BCUT2D eigenvalue weighted by Gasteiger charge is 2.07. The van der Waals surface area contributed by atoms with E-state index < -0.39 is 6.10 Å². The van der Waals surface area contributed by atoms with Gasteiger partial charge >= 0.3 is 0 Å². The molecule has 0 aliphatic rings. The number of aliphatic hydroxyl groups excluding tert-OH is 1. The summed E-state index contributed by atoms with van der Waals surface area (Å²) in [4.78, 5) is 12.9. The number of carbonyl (C=O) groups is 1. The Kier molecular flexibility index (Phi) is 6.93. The van der Waals surface area contributed by atoms with E-state index >= 15 is 0 Å². The molecule has 0 aliphatic heterocycles. The smallest absolute Gasteiger partial charge is 0.220 e. The summed E-state index contributed by atoms with van der Waals surface area (Å²) in [5.41, 5.74) is 1.30. The van der Waals surface area contributed by atoms with E-state index in [4.69, 9.17) is 4.74 Å². The largest absolute Gasteiger partial charge is 0.389 e. The molecule has 1 aromatic rings. The van der Waals surface area contributed by atoms with Crippen molar-refractivity contribution in [2.24, 2.45) is 0 Å². The number of rotatable bonds is 8. The van der Waals surface area contributed by atoms with Crippen LogP contribution in [0.4, 0.5) is 0 Å². The second-order valence-electron chi connectivity index (χ2n) is 4.29. The molecule has 0 saturated carbocycles. The van der Waals surface area contributed by atoms with Crippen molar-refractivity contribution in [2.75, 3.05) is 20.3 Å². The summed E-state index contributed by atoms with van der Waals surface area (Å²) < 4.78 is 4.78. The van der Waals surface area contributed by atoms with Gasteiger partial charge < -0.3 is 15.2 Å². The van der Waals surface area contributed by atoms with Crippen molar-refractivity contribution in [2.45, 2.75) is 32.3 Å². The van der Waals surface area contributed by atoms with Crippen LogP contribution in [0.2, 0.25) is 0 Å². The Hall–Kier alpha value is -0.910. The fourth-order valence-corrected chi connectivity index (χ4v) is 2.59. The highest BCUT2D eigenvalue weighted by molar-refractivity contribution is 7.10. The summed E-state index contributed by atoms with van der Waals surface area (Å²) in [6.45, 7) is 2.59. The summed E-state index contributed by atoms with van der Waals surface area (Å²) in [6.07, 6.45) is 1.65. The molecule has 1 rings (SSSR count). The van der Waals surface area contributed by atoms with Gasteiger partial charge in [0.1, 0.15) is 0 Å². The quantitative estimate of drug-likeness (QED) is 0.753. The molecule has 0 saturated heterocycles. The van der Waals surface area contributed by atoms with Crippen molar-refractivity contribution in [1.29, 1.82) is 0 Å². The predicted octanol–water partition coefficient (Wildman–Crippen LogP) is 1.50. The lowest BCUT2D eigenvalue weighted by molar-refractivity contribution is -0.121. The van der Waals surface area contributed by atoms with Crippen molar-refractivity contribution in [3.8, 4) is 0 Å². The Bertz CT molecular complexity index is 365. The normalized spacial score (nSPS) is 12.4. The maximum atomic E-state index is 11.5. The van der Waals surface area contributed by atoms with E-state index in [1.807, 2.05) is 0 Å². The topological polar surface area (TPSA) is 58.6 Å². The lowest BCUT2D eigenvalue weighted by Gasteiger charge is -2.10. The highest BCUT2D eigenvalue weighted by atomic mass is 32.1. The van der Waals surface area contributed by atoms with Crippen LogP contribution in [0.5, 0.6) is 0 Å². The second kappa shape index (κ2) is 8.24. The zero-order valence-electron chi connectivity index (χ0n) is 10.9. The van der Waals surface area contributed by atoms with Crippen molar-refractivity contribution >= 4 is 17.2 Å². The first-order valence-corrected chi connectivity index (χ1v) is 6.98. The van der Waals surface area contributed by atoms with Crippen molar-refractivity contribution in [3.05, 3.63) is 21.9 Å². The predicted molar refractivity (Wildman–Crippen MR) is 72.9 cm³/mol. The van der Waals surface area contributed by atoms with E-state index in [0.717, 1.165) is 12.8 Å². The molecule has 0 fully saturated rings. The van der Waals surface area contributed by atoms with E-state index in [1.165, 1.54) is 17.6 Å². The fraction of sp³-hybridized carbons (Fsp3) is 0.615. The number of amides is 1. The third kappa shape index (κ3) is 5.62. The van der Waals surface area contributed by atoms with E-state index in [2.05, 4.69) is 23.7 Å². The molecule has 102 valence electrons. The molecular formula is C13H21NO3S. The minimum Gasteiger partial charge on any atom is -0.389 e. The Morgan fingerprint density at radius 1 is 1.61 bits per heavy atom. The Balaban J connectivity index is 2.12. The van der Waals surface area contributed by atoms with Gasteiger partial charge in [0.15, 0.2) is 0 Å². The Morgan fingerprint density at radius 2 is 2.39 bits per heavy atom. The molecule has 1 unspecified atom stereocenters. The van der Waals surface area contributed by atoms with Gasteiger partial charge in [0.05, 0.1) is 12.7 Å². The van der Waals surface area contributed by atoms with E-state index in [-0.39, 0.29) is 19.1 Å². The Labute approximate surface area is 112 Å². The van der Waals surface area contributed by atoms with E-state index in [9.17, 15) is 9.90 Å². The number of carbonyl (C=O) groups excluding carboxylic acids is 1. The minimum absolute atomic E-state index is 0.0145. The zero-order chi connectivity index (χ0) is 13.4. The number of methoxy groups -OCH3 is 1. The maximum Gasteiger partial charge on any atom is 0.220 e. The van der Waals surface area contributed by atoms with Crippen molar-refractivity contribution in [1.82, 2.24) is 5.32 Å². The summed E-state index contributed by atoms with van der Waals surface area (Å²) in [7, 11) is 1.52. The molecule has 0 aromatic carbocycles. The van der Waals surface area contributed by atoms with Crippen LogP contribution >= 0.6 is 11.3 Å². The molecule has 0 spiro atoms. The van der Waals surface area contributed by atoms with Crippen molar-refractivity contribution in [3.63, 3.8) is 0 Å². The summed E-state index contributed by atoms with van der Waals surface area (Å²) in [5.74, 6) is -0.0145. The van der Waals surface area contributed by atoms with Crippen LogP contribution in [0.3, 0.4) is 0 Å². The molecule has 1 heterocycles. The van der Waals surface area contributed by atoms with Gasteiger partial charge in [0, 0.05) is 25.0 Å². The molecule has 0 bridgehead atoms. The molecule has 5 heteroatoms.